The van der Waals surface area contributed by atoms with Gasteiger partial charge < -0.3 is 5.32 Å². The van der Waals surface area contributed by atoms with Crippen molar-refractivity contribution < 1.29 is 4.39 Å². The van der Waals surface area contributed by atoms with Crippen LogP contribution in [-0.4, -0.2) is 15.2 Å². The molecule has 1 aromatic carbocycles. The van der Waals surface area contributed by atoms with Crippen LogP contribution in [-0.2, 0) is 0 Å². The normalized spacial score (nSPS) is 11.1. The number of aromatic nitrogens is 3. The number of rotatable bonds is 2. The molecule has 0 radical (unpaired) electrons. The first-order chi connectivity index (χ1) is 8.61. The van der Waals surface area contributed by atoms with Crippen molar-refractivity contribution in [2.45, 2.75) is 13.8 Å². The summed E-state index contributed by atoms with van der Waals surface area (Å²) in [5.74, 6) is 0.485. The highest BCUT2D eigenvalue weighted by Gasteiger charge is 2.08. The molecule has 0 atom stereocenters. The molecule has 2 aromatic heterocycles. The summed E-state index contributed by atoms with van der Waals surface area (Å²) in [7, 11) is 0. The van der Waals surface area contributed by atoms with Gasteiger partial charge in [0, 0.05) is 17.8 Å². The van der Waals surface area contributed by atoms with Gasteiger partial charge in [0.2, 0.25) is 0 Å². The summed E-state index contributed by atoms with van der Waals surface area (Å²) in [6, 6.07) is 5.16. The molecule has 18 heavy (non-hydrogen) atoms. The van der Waals surface area contributed by atoms with Crippen molar-refractivity contribution in [1.29, 1.82) is 0 Å². The number of nitrogens with one attached hydrogen (secondary N) is 2. The summed E-state index contributed by atoms with van der Waals surface area (Å²) in [6.45, 7) is 3.67. The molecule has 3 aromatic rings. The van der Waals surface area contributed by atoms with Crippen LogP contribution in [0, 0.1) is 19.7 Å². The van der Waals surface area contributed by atoms with E-state index in [-0.39, 0.29) is 5.82 Å². The minimum atomic E-state index is -0.227. The van der Waals surface area contributed by atoms with Gasteiger partial charge in [-0.3, -0.25) is 5.10 Å². The molecule has 0 amide bonds. The number of halogens is 1. The number of aryl methyl sites for hydroxylation is 2. The van der Waals surface area contributed by atoms with Gasteiger partial charge in [-0.25, -0.2) is 9.37 Å². The van der Waals surface area contributed by atoms with E-state index in [0.717, 1.165) is 10.4 Å². The summed E-state index contributed by atoms with van der Waals surface area (Å²) in [5, 5.41) is 10.7. The molecule has 0 saturated heterocycles. The number of fused-ring (bicyclic) bond motifs is 1. The second-order valence-corrected chi connectivity index (χ2v) is 5.18. The van der Waals surface area contributed by atoms with Crippen LogP contribution >= 0.6 is 11.3 Å². The van der Waals surface area contributed by atoms with Gasteiger partial charge >= 0.3 is 0 Å². The predicted octanol–water partition coefficient (Wildman–Crippen LogP) is 3.52. The zero-order valence-electron chi connectivity index (χ0n) is 9.91. The number of benzene rings is 1. The van der Waals surface area contributed by atoms with Crippen LogP contribution in [0.25, 0.3) is 10.2 Å². The Balaban J connectivity index is 1.98. The van der Waals surface area contributed by atoms with Gasteiger partial charge in [0.05, 0.1) is 10.2 Å². The minimum absolute atomic E-state index is 0.227. The number of hydrogen-bond donors (Lipinski definition) is 2. The third kappa shape index (κ3) is 1.95. The maximum Gasteiger partial charge on any atom is 0.189 e. The van der Waals surface area contributed by atoms with Crippen LogP contribution in [0.1, 0.15) is 11.3 Å². The van der Waals surface area contributed by atoms with E-state index in [1.807, 2.05) is 19.1 Å². The van der Waals surface area contributed by atoms with Crippen molar-refractivity contribution in [3.05, 3.63) is 35.3 Å². The van der Waals surface area contributed by atoms with Crippen LogP contribution in [0.5, 0.6) is 0 Å². The van der Waals surface area contributed by atoms with Crippen LogP contribution in [0.4, 0.5) is 15.3 Å². The van der Waals surface area contributed by atoms with Gasteiger partial charge in [0.1, 0.15) is 5.82 Å². The Kier molecular flexibility index (Phi) is 2.52. The molecule has 0 saturated carbocycles. The molecule has 6 heteroatoms. The number of H-pyrrole nitrogens is 1. The number of anilines is 2. The topological polar surface area (TPSA) is 53.6 Å². The lowest BCUT2D eigenvalue weighted by atomic mass is 10.2. The van der Waals surface area contributed by atoms with Gasteiger partial charge in [-0.1, -0.05) is 11.3 Å². The fraction of sp³-hybridized carbons (Fsp3) is 0.167. The Morgan fingerprint density at radius 1 is 1.28 bits per heavy atom. The van der Waals surface area contributed by atoms with Crippen molar-refractivity contribution in [3.63, 3.8) is 0 Å². The fourth-order valence-corrected chi connectivity index (χ4v) is 2.65. The molecule has 4 nitrogen and oxygen atoms in total. The molecule has 3 rings (SSSR count). The Morgan fingerprint density at radius 3 is 2.83 bits per heavy atom. The Hall–Kier alpha value is -1.95. The highest BCUT2D eigenvalue weighted by molar-refractivity contribution is 7.22. The number of aromatic amines is 1. The second-order valence-electron chi connectivity index (χ2n) is 4.15. The molecular weight excluding hydrogens is 251 g/mol. The number of nitrogens with zero attached hydrogens (tertiary/aromatic N) is 2. The summed E-state index contributed by atoms with van der Waals surface area (Å²) >= 11 is 1.48. The molecule has 0 fully saturated rings. The van der Waals surface area contributed by atoms with Gasteiger partial charge in [0.25, 0.3) is 0 Å². The van der Waals surface area contributed by atoms with Gasteiger partial charge in [0.15, 0.2) is 10.9 Å². The van der Waals surface area contributed by atoms with Gasteiger partial charge in [-0.2, -0.15) is 5.10 Å². The lowest BCUT2D eigenvalue weighted by molar-refractivity contribution is 0.620. The smallest absolute Gasteiger partial charge is 0.189 e. The number of hydrogen-bond acceptors (Lipinski definition) is 4. The molecule has 0 bridgehead atoms. The van der Waals surface area contributed by atoms with E-state index in [1.165, 1.54) is 17.4 Å². The molecular formula is C12H11FN4S. The lowest BCUT2D eigenvalue weighted by Gasteiger charge is -1.93. The fourth-order valence-electron chi connectivity index (χ4n) is 1.70. The Labute approximate surface area is 107 Å². The standard InChI is InChI=1S/C12H11FN4S/c1-6-3-10-9(5-8(6)13)14-12(18-10)15-11-4-7(2)16-17-11/h3-5H,1-2H3,(H2,14,15,16,17). The Bertz CT molecular complexity index is 677. The lowest BCUT2D eigenvalue weighted by Crippen LogP contribution is -1.88. The van der Waals surface area contributed by atoms with Crippen molar-refractivity contribution in [2.75, 3.05) is 5.32 Å². The van der Waals surface area contributed by atoms with E-state index in [0.29, 0.717) is 22.0 Å². The summed E-state index contributed by atoms with van der Waals surface area (Å²) in [5.41, 5.74) is 2.27. The molecule has 2 N–H and O–H groups in total. The highest BCUT2D eigenvalue weighted by Crippen LogP contribution is 2.29. The molecule has 2 heterocycles. The van der Waals surface area contributed by atoms with E-state index in [4.69, 9.17) is 0 Å². The minimum Gasteiger partial charge on any atom is -0.315 e. The van der Waals surface area contributed by atoms with Crippen LogP contribution < -0.4 is 5.32 Å². The van der Waals surface area contributed by atoms with Crippen molar-refractivity contribution in [3.8, 4) is 0 Å². The molecule has 0 unspecified atom stereocenters. The predicted molar refractivity (Wildman–Crippen MR) is 70.9 cm³/mol. The summed E-state index contributed by atoms with van der Waals surface area (Å²) in [4.78, 5) is 4.33. The molecule has 0 spiro atoms. The van der Waals surface area contributed by atoms with E-state index in [1.54, 1.807) is 6.92 Å². The monoisotopic (exact) mass is 262 g/mol. The summed E-state index contributed by atoms with van der Waals surface area (Å²) < 4.78 is 14.4. The first-order valence-corrected chi connectivity index (χ1v) is 6.29. The van der Waals surface area contributed by atoms with E-state index in [2.05, 4.69) is 20.5 Å². The summed E-state index contributed by atoms with van der Waals surface area (Å²) in [6.07, 6.45) is 0. The second kappa shape index (κ2) is 4.06. The number of thiazole rings is 1. The quantitative estimate of drug-likeness (QED) is 0.743. The van der Waals surface area contributed by atoms with Crippen molar-refractivity contribution in [2.24, 2.45) is 0 Å². The average Bonchev–Trinajstić information content (AvgIpc) is 2.86. The SMILES string of the molecule is Cc1cc(Nc2nc3cc(F)c(C)cc3s2)n[nH]1. The van der Waals surface area contributed by atoms with E-state index in [9.17, 15) is 4.39 Å². The van der Waals surface area contributed by atoms with E-state index < -0.39 is 0 Å². The highest BCUT2D eigenvalue weighted by atomic mass is 32.1. The molecule has 0 aliphatic rings. The van der Waals surface area contributed by atoms with E-state index >= 15 is 0 Å². The average molecular weight is 262 g/mol. The largest absolute Gasteiger partial charge is 0.315 e. The first-order valence-electron chi connectivity index (χ1n) is 5.47. The first kappa shape index (κ1) is 11.2. The molecule has 0 aliphatic carbocycles. The third-order valence-electron chi connectivity index (χ3n) is 2.61. The third-order valence-corrected chi connectivity index (χ3v) is 3.54. The molecule has 0 aliphatic heterocycles. The van der Waals surface area contributed by atoms with Crippen LogP contribution in [0.15, 0.2) is 18.2 Å². The van der Waals surface area contributed by atoms with Gasteiger partial charge in [-0.05, 0) is 25.5 Å². The van der Waals surface area contributed by atoms with Crippen LogP contribution in [0.3, 0.4) is 0 Å². The zero-order chi connectivity index (χ0) is 12.7. The van der Waals surface area contributed by atoms with Gasteiger partial charge in [-0.15, -0.1) is 0 Å². The Morgan fingerprint density at radius 2 is 2.11 bits per heavy atom. The van der Waals surface area contributed by atoms with Crippen molar-refractivity contribution >= 4 is 32.5 Å². The zero-order valence-corrected chi connectivity index (χ0v) is 10.7. The van der Waals surface area contributed by atoms with Crippen LogP contribution in [0.2, 0.25) is 0 Å². The molecule has 92 valence electrons. The maximum absolute atomic E-state index is 13.4. The maximum atomic E-state index is 13.4. The van der Waals surface area contributed by atoms with Crippen molar-refractivity contribution in [1.82, 2.24) is 15.2 Å².